The molecular weight excluding hydrogens is 508 g/mol. The first-order valence-electron chi connectivity index (χ1n) is 12.2. The summed E-state index contributed by atoms with van der Waals surface area (Å²) >= 11 is 0. The van der Waals surface area contributed by atoms with E-state index in [-0.39, 0.29) is 18.0 Å². The minimum Gasteiger partial charge on any atom is -0.497 e. The summed E-state index contributed by atoms with van der Waals surface area (Å²) in [5.41, 5.74) is 1.42. The number of nitrogens with zero attached hydrogens (tertiary/aromatic N) is 2. The van der Waals surface area contributed by atoms with Crippen molar-refractivity contribution >= 4 is 5.69 Å². The molecule has 1 aliphatic rings. The van der Waals surface area contributed by atoms with Gasteiger partial charge in [0.25, 0.3) is 0 Å². The number of hydrogen-bond donors (Lipinski definition) is 1. The molecule has 0 aromatic heterocycles. The molecule has 0 amide bonds. The van der Waals surface area contributed by atoms with Crippen molar-refractivity contribution in [2.45, 2.75) is 37.0 Å². The lowest BCUT2D eigenvalue weighted by Crippen LogP contribution is -2.68. The number of alkyl halides is 6. The molecule has 3 unspecified atom stereocenters. The Morgan fingerprint density at radius 1 is 0.816 bits per heavy atom. The lowest BCUT2D eigenvalue weighted by atomic mass is 9.97. The van der Waals surface area contributed by atoms with Gasteiger partial charge in [0, 0.05) is 44.0 Å². The Morgan fingerprint density at radius 2 is 1.39 bits per heavy atom. The SMILES string of the molecule is COc1cccc(N2C(C(F)(F)F)CN(C(CNCc3ccccc3)c3ccccc3)CC2C(F)(F)F)c1. The minimum absolute atomic E-state index is 0.174. The van der Waals surface area contributed by atoms with E-state index in [9.17, 15) is 26.3 Å². The third-order valence-corrected chi connectivity index (χ3v) is 6.73. The van der Waals surface area contributed by atoms with Crippen LogP contribution in [0.15, 0.2) is 84.9 Å². The van der Waals surface area contributed by atoms with Gasteiger partial charge in [0.05, 0.1) is 7.11 Å². The second-order valence-corrected chi connectivity index (χ2v) is 9.22. The summed E-state index contributed by atoms with van der Waals surface area (Å²) in [7, 11) is 1.31. The van der Waals surface area contributed by atoms with Crippen molar-refractivity contribution in [2.24, 2.45) is 0 Å². The van der Waals surface area contributed by atoms with E-state index in [1.54, 1.807) is 30.3 Å². The van der Waals surface area contributed by atoms with E-state index in [0.717, 1.165) is 5.56 Å². The highest BCUT2D eigenvalue weighted by atomic mass is 19.4. The number of hydrogen-bond acceptors (Lipinski definition) is 4. The van der Waals surface area contributed by atoms with Crippen LogP contribution in [0.1, 0.15) is 17.2 Å². The van der Waals surface area contributed by atoms with Gasteiger partial charge >= 0.3 is 12.4 Å². The molecule has 0 bridgehead atoms. The molecular formula is C28H29F6N3O. The first kappa shape index (κ1) is 27.8. The first-order chi connectivity index (χ1) is 18.1. The van der Waals surface area contributed by atoms with Crippen LogP contribution in [0.5, 0.6) is 5.75 Å². The molecule has 3 aromatic rings. The molecule has 0 aliphatic carbocycles. The summed E-state index contributed by atoms with van der Waals surface area (Å²) < 4.78 is 91.8. The lowest BCUT2D eigenvalue weighted by Gasteiger charge is -2.50. The summed E-state index contributed by atoms with van der Waals surface area (Å²) in [4.78, 5) is 1.76. The van der Waals surface area contributed by atoms with Gasteiger partial charge in [-0.25, -0.2) is 0 Å². The number of anilines is 1. The van der Waals surface area contributed by atoms with Gasteiger partial charge < -0.3 is 15.0 Å². The molecule has 0 saturated carbocycles. The molecule has 4 nitrogen and oxygen atoms in total. The van der Waals surface area contributed by atoms with Crippen LogP contribution in [-0.4, -0.2) is 56.1 Å². The molecule has 1 aliphatic heterocycles. The fourth-order valence-corrected chi connectivity index (χ4v) is 4.90. The Bertz CT molecular complexity index is 1130. The van der Waals surface area contributed by atoms with Crippen LogP contribution in [0.2, 0.25) is 0 Å². The van der Waals surface area contributed by atoms with Crippen molar-refractivity contribution in [3.63, 3.8) is 0 Å². The van der Waals surface area contributed by atoms with Crippen LogP contribution in [-0.2, 0) is 6.54 Å². The van der Waals surface area contributed by atoms with Gasteiger partial charge in [0.2, 0.25) is 0 Å². The number of methoxy groups -OCH3 is 1. The number of benzene rings is 3. The van der Waals surface area contributed by atoms with Crippen molar-refractivity contribution in [1.82, 2.24) is 10.2 Å². The largest absolute Gasteiger partial charge is 0.497 e. The Morgan fingerprint density at radius 3 is 1.95 bits per heavy atom. The quantitative estimate of drug-likeness (QED) is 0.346. The fourth-order valence-electron chi connectivity index (χ4n) is 4.90. The molecule has 0 spiro atoms. The molecule has 204 valence electrons. The second kappa shape index (κ2) is 11.7. The topological polar surface area (TPSA) is 27.7 Å². The van der Waals surface area contributed by atoms with Crippen molar-refractivity contribution in [3.05, 3.63) is 96.1 Å². The first-order valence-corrected chi connectivity index (χ1v) is 12.2. The van der Waals surface area contributed by atoms with Crippen LogP contribution in [0.4, 0.5) is 32.0 Å². The van der Waals surface area contributed by atoms with Gasteiger partial charge in [-0.3, -0.25) is 4.90 Å². The van der Waals surface area contributed by atoms with Gasteiger partial charge in [-0.2, -0.15) is 26.3 Å². The minimum atomic E-state index is -4.91. The summed E-state index contributed by atoms with van der Waals surface area (Å²) in [5, 5.41) is 3.23. The van der Waals surface area contributed by atoms with Crippen LogP contribution >= 0.6 is 0 Å². The van der Waals surface area contributed by atoms with E-state index >= 15 is 0 Å². The van der Waals surface area contributed by atoms with Gasteiger partial charge in [-0.1, -0.05) is 66.7 Å². The number of nitrogens with one attached hydrogen (secondary N) is 1. The maximum absolute atomic E-state index is 14.5. The zero-order valence-corrected chi connectivity index (χ0v) is 20.7. The van der Waals surface area contributed by atoms with E-state index in [2.05, 4.69) is 5.32 Å². The maximum atomic E-state index is 14.5. The Hall–Kier alpha value is -3.24. The average molecular weight is 538 g/mol. The van der Waals surface area contributed by atoms with Crippen LogP contribution < -0.4 is 15.0 Å². The van der Waals surface area contributed by atoms with E-state index in [4.69, 9.17) is 4.74 Å². The molecule has 10 heteroatoms. The fraction of sp³-hybridized carbons (Fsp3) is 0.357. The molecule has 1 saturated heterocycles. The Kier molecular flexibility index (Phi) is 8.52. The van der Waals surface area contributed by atoms with Crippen LogP contribution in [0.25, 0.3) is 0 Å². The molecule has 1 fully saturated rings. The number of ether oxygens (including phenoxy) is 1. The van der Waals surface area contributed by atoms with Gasteiger partial charge in [-0.05, 0) is 23.3 Å². The predicted molar refractivity (Wildman–Crippen MR) is 134 cm³/mol. The molecule has 3 atom stereocenters. The number of halogens is 6. The summed E-state index contributed by atoms with van der Waals surface area (Å²) in [5.74, 6) is 0.180. The van der Waals surface area contributed by atoms with Crippen molar-refractivity contribution in [2.75, 3.05) is 31.6 Å². The summed E-state index contributed by atoms with van der Waals surface area (Å²) in [6.45, 7) is -0.647. The van der Waals surface area contributed by atoms with Gasteiger partial charge in [0.15, 0.2) is 0 Å². The van der Waals surface area contributed by atoms with Crippen molar-refractivity contribution in [1.29, 1.82) is 0 Å². The van der Waals surface area contributed by atoms with Crippen LogP contribution in [0.3, 0.4) is 0 Å². The van der Waals surface area contributed by atoms with Crippen molar-refractivity contribution in [3.8, 4) is 5.75 Å². The molecule has 1 heterocycles. The Labute approximate surface area is 217 Å². The average Bonchev–Trinajstić information content (AvgIpc) is 2.90. The molecule has 4 rings (SSSR count). The monoisotopic (exact) mass is 537 g/mol. The summed E-state index contributed by atoms with van der Waals surface area (Å²) in [6, 6.07) is 18.0. The molecule has 3 aromatic carbocycles. The van der Waals surface area contributed by atoms with Gasteiger partial charge in [-0.15, -0.1) is 0 Å². The zero-order chi connectivity index (χ0) is 27.3. The standard InChI is InChI=1S/C28H29F6N3O/c1-38-23-14-8-13-22(15-23)37-25(27(29,30)31)18-36(19-26(37)28(32,33)34)24(21-11-6-3-7-12-21)17-35-16-20-9-4-2-5-10-20/h2-15,24-26,35H,16-19H2,1H3. The third kappa shape index (κ3) is 6.60. The Balaban J connectivity index is 1.69. The highest BCUT2D eigenvalue weighted by molar-refractivity contribution is 5.54. The van der Waals surface area contributed by atoms with Crippen LogP contribution in [0, 0.1) is 0 Å². The van der Waals surface area contributed by atoms with E-state index in [1.165, 1.54) is 36.3 Å². The molecule has 38 heavy (non-hydrogen) atoms. The van der Waals surface area contributed by atoms with E-state index < -0.39 is 43.6 Å². The number of rotatable bonds is 8. The lowest BCUT2D eigenvalue weighted by molar-refractivity contribution is -0.193. The van der Waals surface area contributed by atoms with Crippen molar-refractivity contribution < 1.29 is 31.1 Å². The highest BCUT2D eigenvalue weighted by Gasteiger charge is 2.57. The highest BCUT2D eigenvalue weighted by Crippen LogP contribution is 2.42. The number of piperazine rings is 1. The second-order valence-electron chi connectivity index (χ2n) is 9.22. The smallest absolute Gasteiger partial charge is 0.410 e. The normalized spacial score (nSPS) is 19.8. The zero-order valence-electron chi connectivity index (χ0n) is 20.7. The molecule has 1 N–H and O–H groups in total. The van der Waals surface area contributed by atoms with E-state index in [1.807, 2.05) is 30.3 Å². The predicted octanol–water partition coefficient (Wildman–Crippen LogP) is 6.21. The molecule has 0 radical (unpaired) electrons. The van der Waals surface area contributed by atoms with Gasteiger partial charge in [0.1, 0.15) is 17.8 Å². The third-order valence-electron chi connectivity index (χ3n) is 6.73. The summed E-state index contributed by atoms with van der Waals surface area (Å²) in [6.07, 6.45) is -9.83. The van der Waals surface area contributed by atoms with E-state index in [0.29, 0.717) is 17.0 Å². The maximum Gasteiger partial charge on any atom is 0.410 e.